The van der Waals surface area contributed by atoms with Gasteiger partial charge < -0.3 is 10.1 Å². The molecule has 0 spiro atoms. The normalized spacial score (nSPS) is 27.2. The maximum Gasteiger partial charge on any atom is 0.0931 e. The summed E-state index contributed by atoms with van der Waals surface area (Å²) in [4.78, 5) is 1.35. The van der Waals surface area contributed by atoms with Gasteiger partial charge in [-0.25, -0.2) is 0 Å². The minimum absolute atomic E-state index is 0.410. The Morgan fingerprint density at radius 3 is 2.94 bits per heavy atom. The predicted octanol–water partition coefficient (Wildman–Crippen LogP) is 2.96. The molecule has 0 bridgehead atoms. The number of likely N-dealkylation sites (N-methyl/N-ethyl adjacent to an activating group) is 1. The monoisotopic (exact) mass is 259 g/mol. The maximum absolute atomic E-state index is 5.94. The largest absolute Gasteiger partial charge is 0.378 e. The SMILES string of the molecule is CNC(Cc1ccc(Cl)s1)C1COC(C)C1. The van der Waals surface area contributed by atoms with E-state index < -0.39 is 0 Å². The van der Waals surface area contributed by atoms with Crippen LogP contribution in [-0.2, 0) is 11.2 Å². The van der Waals surface area contributed by atoms with E-state index in [0.29, 0.717) is 18.1 Å². The van der Waals surface area contributed by atoms with Gasteiger partial charge in [0, 0.05) is 16.8 Å². The predicted molar refractivity (Wildman–Crippen MR) is 69.4 cm³/mol. The molecular formula is C12H18ClNOS. The number of nitrogens with one attached hydrogen (secondary N) is 1. The van der Waals surface area contributed by atoms with Gasteiger partial charge in [-0.1, -0.05) is 11.6 Å². The first-order valence-corrected chi connectivity index (χ1v) is 6.91. The first-order chi connectivity index (χ1) is 7.69. The van der Waals surface area contributed by atoms with Crippen LogP contribution in [0.3, 0.4) is 0 Å². The Morgan fingerprint density at radius 2 is 2.44 bits per heavy atom. The molecular weight excluding hydrogens is 242 g/mol. The van der Waals surface area contributed by atoms with Crippen molar-refractivity contribution in [1.29, 1.82) is 0 Å². The highest BCUT2D eigenvalue weighted by molar-refractivity contribution is 7.16. The smallest absolute Gasteiger partial charge is 0.0931 e. The highest BCUT2D eigenvalue weighted by Crippen LogP contribution is 2.27. The van der Waals surface area contributed by atoms with Crippen molar-refractivity contribution in [2.75, 3.05) is 13.7 Å². The summed E-state index contributed by atoms with van der Waals surface area (Å²) in [6, 6.07) is 4.60. The van der Waals surface area contributed by atoms with Crippen molar-refractivity contribution in [2.45, 2.75) is 31.9 Å². The van der Waals surface area contributed by atoms with Crippen LogP contribution in [0.15, 0.2) is 12.1 Å². The van der Waals surface area contributed by atoms with Crippen LogP contribution in [0.25, 0.3) is 0 Å². The summed E-state index contributed by atoms with van der Waals surface area (Å²) in [5.41, 5.74) is 0. The zero-order valence-corrected chi connectivity index (χ0v) is 11.3. The van der Waals surface area contributed by atoms with Gasteiger partial charge in [-0.2, -0.15) is 0 Å². The Kier molecular flexibility index (Phi) is 4.25. The fourth-order valence-corrected chi connectivity index (χ4v) is 3.46. The molecule has 1 saturated heterocycles. The average molecular weight is 260 g/mol. The molecule has 1 aromatic rings. The molecule has 1 aliphatic heterocycles. The van der Waals surface area contributed by atoms with Gasteiger partial charge in [0.05, 0.1) is 17.0 Å². The zero-order valence-electron chi connectivity index (χ0n) is 9.70. The van der Waals surface area contributed by atoms with Gasteiger partial charge in [0.25, 0.3) is 0 Å². The summed E-state index contributed by atoms with van der Waals surface area (Å²) in [6.07, 6.45) is 2.62. The van der Waals surface area contributed by atoms with E-state index in [9.17, 15) is 0 Å². The average Bonchev–Trinajstić information content (AvgIpc) is 2.84. The number of hydrogen-bond donors (Lipinski definition) is 1. The molecule has 2 nitrogen and oxygen atoms in total. The van der Waals surface area contributed by atoms with Crippen molar-refractivity contribution in [3.8, 4) is 0 Å². The molecule has 1 aliphatic rings. The highest BCUT2D eigenvalue weighted by Gasteiger charge is 2.28. The Hall–Kier alpha value is -0.0900. The van der Waals surface area contributed by atoms with Crippen molar-refractivity contribution >= 4 is 22.9 Å². The van der Waals surface area contributed by atoms with Crippen LogP contribution in [0.4, 0.5) is 0 Å². The first kappa shape index (κ1) is 12.4. The summed E-state index contributed by atoms with van der Waals surface area (Å²) >= 11 is 7.62. The third kappa shape index (κ3) is 2.98. The number of hydrogen-bond acceptors (Lipinski definition) is 3. The molecule has 1 aromatic heterocycles. The molecule has 4 heteroatoms. The van der Waals surface area contributed by atoms with E-state index in [2.05, 4.69) is 18.3 Å². The topological polar surface area (TPSA) is 21.3 Å². The molecule has 1 N–H and O–H groups in total. The molecule has 0 saturated carbocycles. The van der Waals surface area contributed by atoms with Crippen LogP contribution >= 0.6 is 22.9 Å². The summed E-state index contributed by atoms with van der Waals surface area (Å²) in [7, 11) is 2.03. The number of rotatable bonds is 4. The van der Waals surface area contributed by atoms with E-state index >= 15 is 0 Å². The number of thiophene rings is 1. The second-order valence-corrected chi connectivity index (χ2v) is 6.24. The number of ether oxygens (including phenoxy) is 1. The zero-order chi connectivity index (χ0) is 11.5. The van der Waals surface area contributed by atoms with Crippen molar-refractivity contribution in [3.05, 3.63) is 21.3 Å². The fraction of sp³-hybridized carbons (Fsp3) is 0.667. The third-order valence-corrected chi connectivity index (χ3v) is 4.47. The van der Waals surface area contributed by atoms with Gasteiger partial charge in [-0.15, -0.1) is 11.3 Å². The molecule has 0 aliphatic carbocycles. The van der Waals surface area contributed by atoms with Crippen molar-refractivity contribution in [2.24, 2.45) is 5.92 Å². The van der Waals surface area contributed by atoms with E-state index in [1.54, 1.807) is 11.3 Å². The Balaban J connectivity index is 1.95. The fourth-order valence-electron chi connectivity index (χ4n) is 2.31. The quantitative estimate of drug-likeness (QED) is 0.898. The lowest BCUT2D eigenvalue weighted by Gasteiger charge is -2.21. The minimum atomic E-state index is 0.410. The van der Waals surface area contributed by atoms with Gasteiger partial charge >= 0.3 is 0 Å². The molecule has 90 valence electrons. The minimum Gasteiger partial charge on any atom is -0.378 e. The molecule has 1 fully saturated rings. The van der Waals surface area contributed by atoms with Gasteiger partial charge in [0.1, 0.15) is 0 Å². The van der Waals surface area contributed by atoms with Gasteiger partial charge in [0.2, 0.25) is 0 Å². The lowest BCUT2D eigenvalue weighted by Crippen LogP contribution is -2.35. The van der Waals surface area contributed by atoms with Crippen molar-refractivity contribution in [3.63, 3.8) is 0 Å². The summed E-state index contributed by atoms with van der Waals surface area (Å²) in [5.74, 6) is 0.626. The van der Waals surface area contributed by atoms with E-state index in [0.717, 1.165) is 23.8 Å². The first-order valence-electron chi connectivity index (χ1n) is 5.72. The molecule has 2 heterocycles. The van der Waals surface area contributed by atoms with E-state index in [-0.39, 0.29) is 0 Å². The summed E-state index contributed by atoms with van der Waals surface area (Å²) in [6.45, 7) is 3.03. The lowest BCUT2D eigenvalue weighted by atomic mass is 9.94. The molecule has 2 rings (SSSR count). The van der Waals surface area contributed by atoms with E-state index in [1.807, 2.05) is 13.1 Å². The number of halogens is 1. The van der Waals surface area contributed by atoms with Gasteiger partial charge in [-0.05, 0) is 38.9 Å². The summed E-state index contributed by atoms with van der Waals surface area (Å²) < 4.78 is 6.50. The maximum atomic E-state index is 5.94. The van der Waals surface area contributed by atoms with Crippen molar-refractivity contribution < 1.29 is 4.74 Å². The molecule has 3 unspecified atom stereocenters. The van der Waals surface area contributed by atoms with Crippen LogP contribution in [-0.4, -0.2) is 25.8 Å². The van der Waals surface area contributed by atoms with Gasteiger partial charge in [-0.3, -0.25) is 0 Å². The molecule has 16 heavy (non-hydrogen) atoms. The van der Waals surface area contributed by atoms with Crippen LogP contribution in [0.1, 0.15) is 18.2 Å². The Labute approximate surface area is 106 Å². The molecule has 0 radical (unpaired) electrons. The Bertz CT molecular complexity index is 342. The molecule has 0 amide bonds. The van der Waals surface area contributed by atoms with E-state index in [4.69, 9.17) is 16.3 Å². The van der Waals surface area contributed by atoms with Crippen LogP contribution in [0, 0.1) is 5.92 Å². The lowest BCUT2D eigenvalue weighted by molar-refractivity contribution is 0.117. The van der Waals surface area contributed by atoms with E-state index in [1.165, 1.54) is 4.88 Å². The molecule has 3 atom stereocenters. The van der Waals surface area contributed by atoms with Gasteiger partial charge in [0.15, 0.2) is 0 Å². The van der Waals surface area contributed by atoms with Crippen LogP contribution < -0.4 is 5.32 Å². The third-order valence-electron chi connectivity index (χ3n) is 3.22. The highest BCUT2D eigenvalue weighted by atomic mass is 35.5. The standard InChI is InChI=1S/C12H18ClNOS/c1-8-5-9(7-15-8)11(14-2)6-10-3-4-12(13)16-10/h3-4,8-9,11,14H,5-7H2,1-2H3. The van der Waals surface area contributed by atoms with Crippen molar-refractivity contribution in [1.82, 2.24) is 5.32 Å². The van der Waals surface area contributed by atoms with Crippen LogP contribution in [0.5, 0.6) is 0 Å². The Morgan fingerprint density at radius 1 is 1.62 bits per heavy atom. The second kappa shape index (κ2) is 5.50. The molecule has 0 aromatic carbocycles. The summed E-state index contributed by atoms with van der Waals surface area (Å²) in [5, 5.41) is 3.41. The second-order valence-electron chi connectivity index (χ2n) is 4.44. The van der Waals surface area contributed by atoms with Crippen LogP contribution in [0.2, 0.25) is 4.34 Å².